The predicted molar refractivity (Wildman–Crippen MR) is 115 cm³/mol. The zero-order valence-electron chi connectivity index (χ0n) is 16.3. The molecule has 1 unspecified atom stereocenters. The Morgan fingerprint density at radius 3 is 2.76 bits per heavy atom. The first-order valence-electron chi connectivity index (χ1n) is 9.58. The van der Waals surface area contributed by atoms with Gasteiger partial charge < -0.3 is 14.5 Å². The highest BCUT2D eigenvalue weighted by atomic mass is 32.1. The van der Waals surface area contributed by atoms with Crippen molar-refractivity contribution in [1.82, 2.24) is 10.3 Å². The van der Waals surface area contributed by atoms with E-state index < -0.39 is 0 Å². The zero-order chi connectivity index (χ0) is 20.2. The van der Waals surface area contributed by atoms with Gasteiger partial charge in [-0.1, -0.05) is 18.2 Å². The van der Waals surface area contributed by atoms with E-state index in [1.165, 1.54) is 11.3 Å². The number of aromatic nitrogens is 1. The van der Waals surface area contributed by atoms with Crippen molar-refractivity contribution in [1.29, 1.82) is 0 Å². The van der Waals surface area contributed by atoms with E-state index in [2.05, 4.69) is 10.3 Å². The van der Waals surface area contributed by atoms with Gasteiger partial charge in [0.2, 0.25) is 5.91 Å². The molecule has 2 aromatic carbocycles. The maximum Gasteiger partial charge on any atom is 0.226 e. The van der Waals surface area contributed by atoms with Crippen molar-refractivity contribution in [3.05, 3.63) is 71.4 Å². The van der Waals surface area contributed by atoms with Crippen LogP contribution in [0.5, 0.6) is 5.75 Å². The summed E-state index contributed by atoms with van der Waals surface area (Å²) >= 11 is 1.53. The molecule has 0 spiro atoms. The maximum absolute atomic E-state index is 12.5. The molecule has 0 saturated heterocycles. The lowest BCUT2D eigenvalue weighted by Gasteiger charge is -2.10. The van der Waals surface area contributed by atoms with E-state index in [-0.39, 0.29) is 18.4 Å². The number of thiazole rings is 1. The van der Waals surface area contributed by atoms with Crippen LogP contribution in [0.2, 0.25) is 0 Å². The van der Waals surface area contributed by atoms with Gasteiger partial charge >= 0.3 is 0 Å². The van der Waals surface area contributed by atoms with Crippen molar-refractivity contribution in [2.75, 3.05) is 6.61 Å². The highest BCUT2D eigenvalue weighted by Crippen LogP contribution is 2.26. The van der Waals surface area contributed by atoms with E-state index in [1.807, 2.05) is 73.8 Å². The molecule has 4 rings (SSSR count). The molecule has 148 valence electrons. The van der Waals surface area contributed by atoms with E-state index in [9.17, 15) is 4.79 Å². The monoisotopic (exact) mass is 406 g/mol. The van der Waals surface area contributed by atoms with Gasteiger partial charge in [0.25, 0.3) is 0 Å². The Balaban J connectivity index is 1.38. The van der Waals surface area contributed by atoms with Crippen molar-refractivity contribution >= 4 is 28.2 Å². The molecule has 1 amide bonds. The van der Waals surface area contributed by atoms with Crippen molar-refractivity contribution in [3.63, 3.8) is 0 Å². The minimum Gasteiger partial charge on any atom is -0.494 e. The summed E-state index contributed by atoms with van der Waals surface area (Å²) in [6.07, 6.45) is 0.234. The quantitative estimate of drug-likeness (QED) is 0.448. The molecule has 0 saturated carbocycles. The second-order valence-corrected chi connectivity index (χ2v) is 7.61. The number of nitrogens with one attached hydrogen (secondary N) is 1. The van der Waals surface area contributed by atoms with Gasteiger partial charge in [0, 0.05) is 16.3 Å². The third-order valence-corrected chi connectivity index (χ3v) is 5.49. The van der Waals surface area contributed by atoms with E-state index in [4.69, 9.17) is 9.15 Å². The number of rotatable bonds is 7. The van der Waals surface area contributed by atoms with Crippen LogP contribution in [0.25, 0.3) is 21.5 Å². The molecule has 0 radical (unpaired) electrons. The molecular formula is C23H22N2O3S. The summed E-state index contributed by atoms with van der Waals surface area (Å²) in [4.78, 5) is 17.1. The van der Waals surface area contributed by atoms with Gasteiger partial charge in [-0.25, -0.2) is 4.98 Å². The zero-order valence-corrected chi connectivity index (χ0v) is 17.2. The molecule has 1 atom stereocenters. The van der Waals surface area contributed by atoms with Crippen LogP contribution in [-0.2, 0) is 11.2 Å². The Kier molecular flexibility index (Phi) is 5.62. The Labute approximate surface area is 173 Å². The number of hydrogen-bond acceptors (Lipinski definition) is 5. The van der Waals surface area contributed by atoms with E-state index >= 15 is 0 Å². The van der Waals surface area contributed by atoms with Gasteiger partial charge in [-0.2, -0.15) is 0 Å². The molecule has 29 heavy (non-hydrogen) atoms. The number of furan rings is 1. The highest BCUT2D eigenvalue weighted by Gasteiger charge is 2.16. The lowest BCUT2D eigenvalue weighted by Crippen LogP contribution is -2.27. The number of ether oxygens (including phenoxy) is 1. The van der Waals surface area contributed by atoms with Crippen LogP contribution in [0.3, 0.4) is 0 Å². The first-order valence-corrected chi connectivity index (χ1v) is 10.5. The lowest BCUT2D eigenvalue weighted by atomic mass is 10.2. The average molecular weight is 407 g/mol. The molecule has 0 fully saturated rings. The Hall–Kier alpha value is -3.12. The van der Waals surface area contributed by atoms with Crippen LogP contribution in [0, 0.1) is 0 Å². The smallest absolute Gasteiger partial charge is 0.226 e. The van der Waals surface area contributed by atoms with Crippen LogP contribution >= 0.6 is 11.3 Å². The summed E-state index contributed by atoms with van der Waals surface area (Å²) in [7, 11) is 0. The average Bonchev–Trinajstić information content (AvgIpc) is 3.35. The van der Waals surface area contributed by atoms with Crippen LogP contribution in [0.4, 0.5) is 0 Å². The van der Waals surface area contributed by atoms with Gasteiger partial charge in [0.1, 0.15) is 22.1 Å². The number of benzene rings is 2. The molecule has 2 aromatic heterocycles. The Morgan fingerprint density at radius 1 is 1.21 bits per heavy atom. The second-order valence-electron chi connectivity index (χ2n) is 6.75. The normalized spacial score (nSPS) is 12.1. The van der Waals surface area contributed by atoms with Gasteiger partial charge in [-0.3, -0.25) is 4.79 Å². The van der Waals surface area contributed by atoms with Gasteiger partial charge in [0.05, 0.1) is 24.8 Å². The van der Waals surface area contributed by atoms with Crippen molar-refractivity contribution in [2.24, 2.45) is 0 Å². The molecule has 1 N–H and O–H groups in total. The molecule has 0 bridgehead atoms. The first kappa shape index (κ1) is 19.2. The number of amides is 1. The largest absolute Gasteiger partial charge is 0.494 e. The third-order valence-electron chi connectivity index (χ3n) is 4.55. The van der Waals surface area contributed by atoms with Crippen LogP contribution < -0.4 is 10.1 Å². The molecule has 0 aliphatic carbocycles. The maximum atomic E-state index is 12.5. The molecule has 0 aliphatic heterocycles. The number of hydrogen-bond donors (Lipinski definition) is 1. The van der Waals surface area contributed by atoms with E-state index in [0.717, 1.165) is 38.7 Å². The van der Waals surface area contributed by atoms with Gasteiger partial charge in [-0.15, -0.1) is 11.3 Å². The fourth-order valence-corrected chi connectivity index (χ4v) is 3.95. The number of carbonyl (C=O) groups is 1. The molecular weight excluding hydrogens is 384 g/mol. The minimum absolute atomic E-state index is 0.0819. The summed E-state index contributed by atoms with van der Waals surface area (Å²) < 4.78 is 11.3. The molecule has 0 aliphatic rings. The summed E-state index contributed by atoms with van der Waals surface area (Å²) in [5, 5.41) is 6.84. The number of fused-ring (bicyclic) bond motifs is 1. The van der Waals surface area contributed by atoms with Crippen molar-refractivity contribution in [3.8, 4) is 16.3 Å². The Morgan fingerprint density at radius 2 is 2.00 bits per heavy atom. The summed E-state index contributed by atoms with van der Waals surface area (Å²) in [6.45, 7) is 4.52. The first-order chi connectivity index (χ1) is 14.1. The third kappa shape index (κ3) is 4.49. The lowest BCUT2D eigenvalue weighted by molar-refractivity contribution is -0.121. The second kappa shape index (κ2) is 8.49. The summed E-state index contributed by atoms with van der Waals surface area (Å²) in [6, 6.07) is 17.4. The predicted octanol–water partition coefficient (Wildman–Crippen LogP) is 5.37. The standard InChI is InChI=1S/C23H22N2O3S/c1-3-27-19-10-8-16(9-11-19)23-25-18(14-29-23)13-22(26)24-15(2)21-12-17-6-4-5-7-20(17)28-21/h4-12,14-15H,3,13H2,1-2H3,(H,24,26). The van der Waals surface area contributed by atoms with Crippen molar-refractivity contribution < 1.29 is 13.9 Å². The van der Waals surface area contributed by atoms with Gasteiger partial charge in [0.15, 0.2) is 0 Å². The molecule has 6 heteroatoms. The molecule has 5 nitrogen and oxygen atoms in total. The van der Waals surface area contributed by atoms with E-state index in [1.54, 1.807) is 0 Å². The van der Waals surface area contributed by atoms with Crippen molar-refractivity contribution in [2.45, 2.75) is 26.3 Å². The minimum atomic E-state index is -0.209. The van der Waals surface area contributed by atoms with Crippen LogP contribution in [-0.4, -0.2) is 17.5 Å². The summed E-state index contributed by atoms with van der Waals surface area (Å²) in [5.41, 5.74) is 2.59. The van der Waals surface area contributed by atoms with Gasteiger partial charge in [-0.05, 0) is 50.2 Å². The number of para-hydroxylation sites is 1. The Bertz CT molecular complexity index is 1080. The summed E-state index contributed by atoms with van der Waals surface area (Å²) in [5.74, 6) is 1.50. The number of carbonyl (C=O) groups excluding carboxylic acids is 1. The molecule has 4 aromatic rings. The van der Waals surface area contributed by atoms with E-state index in [0.29, 0.717) is 6.61 Å². The highest BCUT2D eigenvalue weighted by molar-refractivity contribution is 7.13. The fourth-order valence-electron chi connectivity index (χ4n) is 3.13. The molecule has 2 heterocycles. The SMILES string of the molecule is CCOc1ccc(-c2nc(CC(=O)NC(C)c3cc4ccccc4o3)cs2)cc1. The van der Waals surface area contributed by atoms with Crippen LogP contribution in [0.1, 0.15) is 31.3 Å². The topological polar surface area (TPSA) is 64.4 Å². The van der Waals surface area contributed by atoms with Crippen LogP contribution in [0.15, 0.2) is 64.4 Å². The number of nitrogens with zero attached hydrogens (tertiary/aromatic N) is 1. The fraction of sp³-hybridized carbons (Fsp3) is 0.217.